The number of hydrogen-bond donors (Lipinski definition) is 2. The Bertz CT molecular complexity index is 419. The van der Waals surface area contributed by atoms with Gasteiger partial charge in [-0.3, -0.25) is 4.79 Å². The fourth-order valence-corrected chi connectivity index (χ4v) is 1.17. The molecule has 1 atom stereocenters. The second-order valence-electron chi connectivity index (χ2n) is 4.29. The highest BCUT2D eigenvalue weighted by Gasteiger charge is 2.25. The molecule has 0 saturated heterocycles. The highest BCUT2D eigenvalue weighted by molar-refractivity contribution is 5.83. The molecule has 17 heavy (non-hydrogen) atoms. The third-order valence-corrected chi connectivity index (χ3v) is 2.60. The van der Waals surface area contributed by atoms with Gasteiger partial charge in [-0.25, -0.2) is 4.39 Å². The van der Waals surface area contributed by atoms with Crippen molar-refractivity contribution in [3.63, 3.8) is 0 Å². The van der Waals surface area contributed by atoms with Crippen LogP contribution >= 0.6 is 0 Å². The van der Waals surface area contributed by atoms with E-state index in [4.69, 9.17) is 16.2 Å². The predicted molar refractivity (Wildman–Crippen MR) is 63.0 cm³/mol. The van der Waals surface area contributed by atoms with E-state index in [9.17, 15) is 9.18 Å². The molecule has 0 radical (unpaired) electrons. The quantitative estimate of drug-likeness (QED) is 0.809. The molecule has 0 spiro atoms. The number of benzene rings is 1. The van der Waals surface area contributed by atoms with Crippen molar-refractivity contribution in [2.24, 2.45) is 11.5 Å². The summed E-state index contributed by atoms with van der Waals surface area (Å²) in [6, 6.07) is 4.59. The minimum Gasteiger partial charge on any atom is -0.493 e. The highest BCUT2D eigenvalue weighted by Crippen LogP contribution is 2.16. The van der Waals surface area contributed by atoms with E-state index in [1.165, 1.54) is 13.0 Å². The summed E-state index contributed by atoms with van der Waals surface area (Å²) in [5.74, 6) is -0.502. The smallest absolute Gasteiger partial charge is 0.237 e. The summed E-state index contributed by atoms with van der Waals surface area (Å²) in [5, 5.41) is 0. The SMILES string of the molecule is Cc1ccc(OCCC(C)(N)C(N)=O)cc1F. The second-order valence-corrected chi connectivity index (χ2v) is 4.29. The van der Waals surface area contributed by atoms with Crippen molar-refractivity contribution in [3.05, 3.63) is 29.6 Å². The molecule has 4 nitrogen and oxygen atoms in total. The monoisotopic (exact) mass is 240 g/mol. The van der Waals surface area contributed by atoms with Gasteiger partial charge < -0.3 is 16.2 Å². The number of primary amides is 1. The van der Waals surface area contributed by atoms with Crippen molar-refractivity contribution in [2.75, 3.05) is 6.61 Å². The average molecular weight is 240 g/mol. The van der Waals surface area contributed by atoms with Gasteiger partial charge >= 0.3 is 0 Å². The first-order valence-electron chi connectivity index (χ1n) is 5.30. The number of hydrogen-bond acceptors (Lipinski definition) is 3. The number of halogens is 1. The van der Waals surface area contributed by atoms with Crippen molar-refractivity contribution in [1.29, 1.82) is 0 Å². The molecule has 0 aliphatic carbocycles. The van der Waals surface area contributed by atoms with Crippen LogP contribution in [0.4, 0.5) is 4.39 Å². The lowest BCUT2D eigenvalue weighted by Crippen LogP contribution is -2.50. The first-order chi connectivity index (χ1) is 7.83. The van der Waals surface area contributed by atoms with Crippen LogP contribution in [0.3, 0.4) is 0 Å². The molecule has 1 aromatic carbocycles. The maximum atomic E-state index is 13.2. The number of amides is 1. The Hall–Kier alpha value is -1.62. The zero-order chi connectivity index (χ0) is 13.1. The minimum absolute atomic E-state index is 0.207. The molecule has 0 aliphatic heterocycles. The van der Waals surface area contributed by atoms with Gasteiger partial charge in [-0.15, -0.1) is 0 Å². The van der Waals surface area contributed by atoms with E-state index >= 15 is 0 Å². The van der Waals surface area contributed by atoms with E-state index in [1.807, 2.05) is 0 Å². The van der Waals surface area contributed by atoms with E-state index in [1.54, 1.807) is 19.1 Å². The van der Waals surface area contributed by atoms with Crippen molar-refractivity contribution in [1.82, 2.24) is 0 Å². The third-order valence-electron chi connectivity index (χ3n) is 2.60. The molecule has 1 rings (SSSR count). The van der Waals surface area contributed by atoms with Crippen LogP contribution in [-0.4, -0.2) is 18.1 Å². The van der Waals surface area contributed by atoms with E-state index in [0.29, 0.717) is 11.3 Å². The van der Waals surface area contributed by atoms with Gasteiger partial charge in [0, 0.05) is 12.5 Å². The van der Waals surface area contributed by atoms with Crippen molar-refractivity contribution in [2.45, 2.75) is 25.8 Å². The maximum Gasteiger partial charge on any atom is 0.237 e. The first-order valence-corrected chi connectivity index (χ1v) is 5.30. The molecule has 5 heteroatoms. The topological polar surface area (TPSA) is 78.3 Å². The molecule has 1 unspecified atom stereocenters. The molecule has 0 aliphatic rings. The zero-order valence-corrected chi connectivity index (χ0v) is 10.00. The maximum absolute atomic E-state index is 13.2. The molecule has 1 amide bonds. The van der Waals surface area contributed by atoms with Crippen molar-refractivity contribution >= 4 is 5.91 Å². The molecule has 0 fully saturated rings. The lowest BCUT2D eigenvalue weighted by Gasteiger charge is -2.20. The van der Waals surface area contributed by atoms with E-state index in [-0.39, 0.29) is 18.8 Å². The number of rotatable bonds is 5. The van der Waals surface area contributed by atoms with Crippen LogP contribution in [0.1, 0.15) is 18.9 Å². The lowest BCUT2D eigenvalue weighted by molar-refractivity contribution is -0.123. The molecule has 94 valence electrons. The summed E-state index contributed by atoms with van der Waals surface area (Å²) in [7, 11) is 0. The summed E-state index contributed by atoms with van der Waals surface area (Å²) in [6.45, 7) is 3.41. The molecule has 0 aromatic heterocycles. The summed E-state index contributed by atoms with van der Waals surface area (Å²) < 4.78 is 18.5. The molecule has 1 aromatic rings. The minimum atomic E-state index is -1.11. The van der Waals surface area contributed by atoms with Crippen LogP contribution in [0.2, 0.25) is 0 Å². The fourth-order valence-electron chi connectivity index (χ4n) is 1.17. The number of nitrogens with two attached hydrogens (primary N) is 2. The van der Waals surface area contributed by atoms with Crippen LogP contribution in [0, 0.1) is 12.7 Å². The Kier molecular flexibility index (Phi) is 4.07. The van der Waals surface area contributed by atoms with Crippen LogP contribution < -0.4 is 16.2 Å². The Morgan fingerprint density at radius 3 is 2.71 bits per heavy atom. The van der Waals surface area contributed by atoms with Crippen molar-refractivity contribution < 1.29 is 13.9 Å². The van der Waals surface area contributed by atoms with Gasteiger partial charge in [0.25, 0.3) is 0 Å². The number of aryl methyl sites for hydroxylation is 1. The predicted octanol–water partition coefficient (Wildman–Crippen LogP) is 1.11. The summed E-state index contributed by atoms with van der Waals surface area (Å²) >= 11 is 0. The molecule has 0 bridgehead atoms. The number of carbonyl (C=O) groups excluding carboxylic acids is 1. The second kappa shape index (κ2) is 5.14. The van der Waals surface area contributed by atoms with Crippen LogP contribution in [0.25, 0.3) is 0 Å². The van der Waals surface area contributed by atoms with Gasteiger partial charge in [0.1, 0.15) is 11.6 Å². The summed E-state index contributed by atoms with van der Waals surface area (Å²) in [5.41, 5.74) is 10.2. The summed E-state index contributed by atoms with van der Waals surface area (Å²) in [4.78, 5) is 10.9. The van der Waals surface area contributed by atoms with Gasteiger partial charge in [0.15, 0.2) is 0 Å². The van der Waals surface area contributed by atoms with Crippen LogP contribution in [0.15, 0.2) is 18.2 Å². The Balaban J connectivity index is 2.51. The van der Waals surface area contributed by atoms with Crippen LogP contribution in [0.5, 0.6) is 5.75 Å². The molecular weight excluding hydrogens is 223 g/mol. The highest BCUT2D eigenvalue weighted by atomic mass is 19.1. The Morgan fingerprint density at radius 2 is 2.18 bits per heavy atom. The number of ether oxygens (including phenoxy) is 1. The van der Waals surface area contributed by atoms with E-state index < -0.39 is 11.4 Å². The fraction of sp³-hybridized carbons (Fsp3) is 0.417. The lowest BCUT2D eigenvalue weighted by atomic mass is 9.99. The first kappa shape index (κ1) is 13.4. The molecule has 4 N–H and O–H groups in total. The van der Waals surface area contributed by atoms with Gasteiger partial charge in [-0.2, -0.15) is 0 Å². The standard InChI is InChI=1S/C12H17FN2O2/c1-8-3-4-9(7-10(8)13)17-6-5-12(2,15)11(14)16/h3-4,7H,5-6,15H2,1-2H3,(H2,14,16). The molecule has 0 heterocycles. The molecule has 0 saturated carbocycles. The van der Waals surface area contributed by atoms with Gasteiger partial charge in [-0.05, 0) is 25.5 Å². The largest absolute Gasteiger partial charge is 0.493 e. The Labute approximate surface area is 99.7 Å². The van der Waals surface area contributed by atoms with E-state index in [2.05, 4.69) is 0 Å². The summed E-state index contributed by atoms with van der Waals surface area (Å²) in [6.07, 6.45) is 0.276. The molecular formula is C12H17FN2O2. The van der Waals surface area contributed by atoms with Crippen LogP contribution in [-0.2, 0) is 4.79 Å². The number of carbonyl (C=O) groups is 1. The average Bonchev–Trinajstić information content (AvgIpc) is 2.23. The normalized spacial score (nSPS) is 14.1. The van der Waals surface area contributed by atoms with Gasteiger partial charge in [0.05, 0.1) is 12.1 Å². The third kappa shape index (κ3) is 3.71. The zero-order valence-electron chi connectivity index (χ0n) is 10.00. The van der Waals surface area contributed by atoms with E-state index in [0.717, 1.165) is 0 Å². The Morgan fingerprint density at radius 1 is 1.53 bits per heavy atom. The van der Waals surface area contributed by atoms with Gasteiger partial charge in [-0.1, -0.05) is 6.07 Å². The van der Waals surface area contributed by atoms with Gasteiger partial charge in [0.2, 0.25) is 5.91 Å². The van der Waals surface area contributed by atoms with Crippen molar-refractivity contribution in [3.8, 4) is 5.75 Å².